The topological polar surface area (TPSA) is 93.1 Å². The van der Waals surface area contributed by atoms with E-state index in [0.29, 0.717) is 10.3 Å². The number of hydrogen-bond donors (Lipinski definition) is 2. The number of amides is 1. The molecule has 1 aliphatic rings. The number of halogens is 4. The Labute approximate surface area is 173 Å². The Morgan fingerprint density at radius 1 is 1.39 bits per heavy atom. The number of nitrogens with zero attached hydrogens (tertiary/aromatic N) is 2. The summed E-state index contributed by atoms with van der Waals surface area (Å²) in [7, 11) is -2.75. The first kappa shape index (κ1) is 21.2. The van der Waals surface area contributed by atoms with Crippen molar-refractivity contribution in [2.24, 2.45) is 7.05 Å². The molecule has 28 heavy (non-hydrogen) atoms. The van der Waals surface area contributed by atoms with Crippen molar-refractivity contribution in [3.63, 3.8) is 0 Å². The number of aryl methyl sites for hydroxylation is 1. The van der Waals surface area contributed by atoms with Crippen LogP contribution in [0.1, 0.15) is 30.3 Å². The number of hydrogen-bond acceptors (Lipinski definition) is 4. The van der Waals surface area contributed by atoms with E-state index in [0.717, 1.165) is 0 Å². The monoisotopic (exact) mass is 496 g/mol. The highest BCUT2D eigenvalue weighted by Crippen LogP contribution is 2.46. The normalized spacial score (nSPS) is 17.8. The minimum atomic E-state index is -4.21. The predicted molar refractivity (Wildman–Crippen MR) is 103 cm³/mol. The molecule has 1 fully saturated rings. The highest BCUT2D eigenvalue weighted by molar-refractivity contribution is 9.10. The van der Waals surface area contributed by atoms with Crippen LogP contribution in [-0.4, -0.2) is 35.3 Å². The van der Waals surface area contributed by atoms with E-state index >= 15 is 0 Å². The number of nitrogens with one attached hydrogen (secondary N) is 2. The number of carbonyl (C=O) groups excluding carboxylic acids is 1. The smallest absolute Gasteiger partial charge is 0.273 e. The van der Waals surface area contributed by atoms with Gasteiger partial charge in [-0.15, -0.1) is 0 Å². The van der Waals surface area contributed by atoms with Gasteiger partial charge in [-0.05, 0) is 35.0 Å². The van der Waals surface area contributed by atoms with Crippen LogP contribution < -0.4 is 10.0 Å². The molecule has 0 aromatic carbocycles. The number of alkyl halides is 2. The minimum absolute atomic E-state index is 0.0842. The van der Waals surface area contributed by atoms with Gasteiger partial charge in [0.25, 0.3) is 11.8 Å². The fourth-order valence-corrected chi connectivity index (χ4v) is 5.70. The molecule has 1 aliphatic carbocycles. The molecule has 0 aliphatic heterocycles. The largest absolute Gasteiger partial charge is 0.344 e. The van der Waals surface area contributed by atoms with Gasteiger partial charge in [-0.1, -0.05) is 11.6 Å². The second-order valence-corrected chi connectivity index (χ2v) is 9.81. The van der Waals surface area contributed by atoms with Gasteiger partial charge < -0.3 is 9.88 Å². The van der Waals surface area contributed by atoms with Crippen LogP contribution in [-0.2, 0) is 17.1 Å². The van der Waals surface area contributed by atoms with E-state index in [-0.39, 0.29) is 15.6 Å². The van der Waals surface area contributed by atoms with E-state index in [4.69, 9.17) is 11.6 Å². The van der Waals surface area contributed by atoms with Gasteiger partial charge in [0.05, 0.1) is 5.02 Å². The third-order valence-electron chi connectivity index (χ3n) is 4.26. The van der Waals surface area contributed by atoms with Crippen molar-refractivity contribution in [3.05, 3.63) is 39.8 Å². The number of sulfonamides is 1. The molecule has 2 N–H and O–H groups in total. The van der Waals surface area contributed by atoms with E-state index < -0.39 is 40.2 Å². The quantitative estimate of drug-likeness (QED) is 0.618. The maximum absolute atomic E-state index is 13.2. The van der Waals surface area contributed by atoms with Gasteiger partial charge in [-0.25, -0.2) is 26.9 Å². The lowest BCUT2D eigenvalue weighted by molar-refractivity contribution is -0.121. The number of pyridine rings is 1. The van der Waals surface area contributed by atoms with Crippen molar-refractivity contribution in [1.29, 1.82) is 0 Å². The third kappa shape index (κ3) is 4.22. The Kier molecular flexibility index (Phi) is 5.32. The molecule has 0 atom stereocenters. The van der Waals surface area contributed by atoms with Gasteiger partial charge in [0.2, 0.25) is 10.0 Å². The van der Waals surface area contributed by atoms with Gasteiger partial charge in [0.15, 0.2) is 0 Å². The zero-order chi connectivity index (χ0) is 20.9. The molecule has 2 heterocycles. The number of rotatable bonds is 5. The molecule has 1 amide bonds. The predicted octanol–water partition coefficient (Wildman–Crippen LogP) is 3.55. The number of aromatic nitrogens is 2. The summed E-state index contributed by atoms with van der Waals surface area (Å²) < 4.78 is 55.7. The van der Waals surface area contributed by atoms with E-state index in [1.165, 1.54) is 30.9 Å². The maximum Gasteiger partial charge on any atom is 0.273 e. The lowest BCUT2D eigenvalue weighted by atomic mass is 9.76. The van der Waals surface area contributed by atoms with E-state index in [9.17, 15) is 22.0 Å². The molecule has 2 aromatic rings. The fourth-order valence-electron chi connectivity index (χ4n) is 3.23. The first-order valence-corrected chi connectivity index (χ1v) is 10.7. The standard InChI is InChI=1S/C16H16BrClF2N4O3S/c1-15(7-16(19,20)8-15)23-28(26,27)10-6-24(2)13(12(10)18)14(25)22-9-3-4-21-11(17)5-9/h3-6,23H,7-8H2,1-2H3,(H,21,22,25). The average molecular weight is 498 g/mol. The Hall–Kier alpha value is -1.56. The molecule has 1 saturated carbocycles. The summed E-state index contributed by atoms with van der Waals surface area (Å²) in [5, 5.41) is 2.30. The van der Waals surface area contributed by atoms with Crippen molar-refractivity contribution in [2.45, 2.75) is 36.1 Å². The second-order valence-electron chi connectivity index (χ2n) is 6.96. The van der Waals surface area contributed by atoms with Crippen LogP contribution in [0.15, 0.2) is 34.0 Å². The third-order valence-corrected chi connectivity index (χ3v) is 6.83. The zero-order valence-corrected chi connectivity index (χ0v) is 17.9. The Morgan fingerprint density at radius 3 is 2.61 bits per heavy atom. The van der Waals surface area contributed by atoms with Crippen LogP contribution >= 0.6 is 27.5 Å². The molecule has 0 saturated heterocycles. The summed E-state index contributed by atoms with van der Waals surface area (Å²) in [4.78, 5) is 16.2. The van der Waals surface area contributed by atoms with Gasteiger partial charge in [-0.3, -0.25) is 4.79 Å². The molecule has 3 rings (SSSR count). The summed E-state index contributed by atoms with van der Waals surface area (Å²) in [6.45, 7) is 1.40. The van der Waals surface area contributed by atoms with E-state index in [1.54, 1.807) is 12.1 Å². The van der Waals surface area contributed by atoms with Crippen molar-refractivity contribution >= 4 is 49.1 Å². The van der Waals surface area contributed by atoms with E-state index in [2.05, 4.69) is 31.0 Å². The van der Waals surface area contributed by atoms with Crippen LogP contribution in [0.25, 0.3) is 0 Å². The highest BCUT2D eigenvalue weighted by Gasteiger charge is 2.55. The minimum Gasteiger partial charge on any atom is -0.344 e. The Balaban J connectivity index is 1.86. The fraction of sp³-hybridized carbons (Fsp3) is 0.375. The van der Waals surface area contributed by atoms with Crippen molar-refractivity contribution in [2.75, 3.05) is 5.32 Å². The molecule has 2 aromatic heterocycles. The molecule has 0 spiro atoms. The SMILES string of the molecule is Cn1cc(S(=O)(=O)NC2(C)CC(F)(F)C2)c(Cl)c1C(=O)Nc1ccnc(Br)c1. The lowest BCUT2D eigenvalue weighted by Gasteiger charge is -2.44. The molecule has 0 unspecified atom stereocenters. The van der Waals surface area contributed by atoms with Crippen LogP contribution in [0, 0.1) is 0 Å². The second kappa shape index (κ2) is 7.05. The lowest BCUT2D eigenvalue weighted by Crippen LogP contribution is -2.60. The summed E-state index contributed by atoms with van der Waals surface area (Å²) in [5.74, 6) is -3.53. The summed E-state index contributed by atoms with van der Waals surface area (Å²) >= 11 is 9.36. The van der Waals surface area contributed by atoms with Gasteiger partial charge in [0, 0.05) is 43.5 Å². The zero-order valence-electron chi connectivity index (χ0n) is 14.8. The maximum atomic E-state index is 13.2. The van der Waals surface area contributed by atoms with Crippen LogP contribution in [0.4, 0.5) is 14.5 Å². The van der Waals surface area contributed by atoms with E-state index in [1.807, 2.05) is 0 Å². The Morgan fingerprint density at radius 2 is 2.04 bits per heavy atom. The van der Waals surface area contributed by atoms with Crippen molar-refractivity contribution < 1.29 is 22.0 Å². The summed E-state index contributed by atoms with van der Waals surface area (Å²) in [5.41, 5.74) is -0.928. The molecule has 0 bridgehead atoms. The summed E-state index contributed by atoms with van der Waals surface area (Å²) in [6, 6.07) is 3.11. The first-order valence-electron chi connectivity index (χ1n) is 8.01. The first-order chi connectivity index (χ1) is 12.8. The van der Waals surface area contributed by atoms with Crippen molar-refractivity contribution in [3.8, 4) is 0 Å². The number of anilines is 1. The molecule has 7 nitrogen and oxygen atoms in total. The highest BCUT2D eigenvalue weighted by atomic mass is 79.9. The molecular weight excluding hydrogens is 482 g/mol. The van der Waals surface area contributed by atoms with Gasteiger partial charge in [0.1, 0.15) is 15.2 Å². The molecule has 152 valence electrons. The molecular formula is C16H16BrClF2N4O3S. The van der Waals surface area contributed by atoms with Gasteiger partial charge >= 0.3 is 0 Å². The van der Waals surface area contributed by atoms with Gasteiger partial charge in [-0.2, -0.15) is 0 Å². The molecule has 0 radical (unpaired) electrons. The van der Waals surface area contributed by atoms with Crippen LogP contribution in [0.2, 0.25) is 5.02 Å². The van der Waals surface area contributed by atoms with Crippen LogP contribution in [0.5, 0.6) is 0 Å². The van der Waals surface area contributed by atoms with Crippen LogP contribution in [0.3, 0.4) is 0 Å². The average Bonchev–Trinajstić information content (AvgIpc) is 2.80. The number of carbonyl (C=O) groups is 1. The molecule has 12 heteroatoms. The van der Waals surface area contributed by atoms with Crippen molar-refractivity contribution in [1.82, 2.24) is 14.3 Å². The Bertz CT molecular complexity index is 1050. The summed E-state index contributed by atoms with van der Waals surface area (Å²) in [6.07, 6.45) is 1.44.